The third kappa shape index (κ3) is 4.83. The maximum absolute atomic E-state index is 10.6. The summed E-state index contributed by atoms with van der Waals surface area (Å²) in [5, 5.41) is 8.39. The van der Waals surface area contributed by atoms with Crippen molar-refractivity contribution in [3.8, 4) is 0 Å². The molecule has 0 spiro atoms. The molecule has 0 rings (SSSR count). The van der Waals surface area contributed by atoms with Gasteiger partial charge in [0.15, 0.2) is 0 Å². The van der Waals surface area contributed by atoms with Gasteiger partial charge in [-0.15, -0.1) is 0 Å². The Morgan fingerprint density at radius 3 is 2.31 bits per heavy atom. The molecule has 0 fully saturated rings. The summed E-state index contributed by atoms with van der Waals surface area (Å²) in [4.78, 5) is 27.6. The zero-order valence-electron chi connectivity index (χ0n) is 7.47. The van der Waals surface area contributed by atoms with Crippen LogP contribution in [0.5, 0.6) is 0 Å². The van der Waals surface area contributed by atoms with Crippen LogP contribution in [0.25, 0.3) is 0 Å². The number of carboxylic acid groups (broad SMARTS) is 1. The van der Waals surface area contributed by atoms with Crippen molar-refractivity contribution in [2.75, 3.05) is 0 Å². The molecule has 0 aliphatic heterocycles. The zero-order valence-corrected chi connectivity index (χ0v) is 8.36. The van der Waals surface area contributed by atoms with E-state index < -0.39 is 19.5 Å². The van der Waals surface area contributed by atoms with Gasteiger partial charge in [-0.05, 0) is 13.3 Å². The van der Waals surface area contributed by atoms with Crippen molar-refractivity contribution >= 4 is 13.6 Å². The fraction of sp³-hybridized carbons (Fsp3) is 0.571. The monoisotopic (exact) mass is 208 g/mol. The molecule has 0 aromatic carbocycles. The molecule has 0 amide bonds. The van der Waals surface area contributed by atoms with Crippen LogP contribution < -0.4 is 0 Å². The van der Waals surface area contributed by atoms with Gasteiger partial charge in [0.25, 0.3) is 0 Å². The minimum Gasteiger partial charge on any atom is -0.481 e. The van der Waals surface area contributed by atoms with Gasteiger partial charge in [-0.3, -0.25) is 9.36 Å². The smallest absolute Gasteiger partial charge is 0.351 e. The standard InChI is InChI=1S/C7H13O5P/c1-5(7(8)9)3-4-6(2)13(10,11)12/h4-5H,3H2,1-2H3,(H,8,9)(H2,10,11,12). The van der Waals surface area contributed by atoms with Gasteiger partial charge >= 0.3 is 13.6 Å². The Morgan fingerprint density at radius 2 is 2.00 bits per heavy atom. The van der Waals surface area contributed by atoms with Gasteiger partial charge in [0.05, 0.1) is 5.92 Å². The Hall–Kier alpha value is -0.640. The normalized spacial score (nSPS) is 15.5. The predicted octanol–water partition coefficient (Wildman–Crippen LogP) is 1.18. The summed E-state index contributed by atoms with van der Waals surface area (Å²) in [6.07, 6.45) is 1.39. The van der Waals surface area contributed by atoms with Crippen molar-refractivity contribution in [2.45, 2.75) is 20.3 Å². The van der Waals surface area contributed by atoms with Crippen LogP contribution in [0, 0.1) is 5.92 Å². The van der Waals surface area contributed by atoms with E-state index in [0.717, 1.165) is 0 Å². The first-order valence-corrected chi connectivity index (χ1v) is 5.32. The van der Waals surface area contributed by atoms with Crippen LogP contribution in [-0.2, 0) is 9.36 Å². The molecule has 13 heavy (non-hydrogen) atoms. The fourth-order valence-electron chi connectivity index (χ4n) is 0.567. The number of allylic oxidation sites excluding steroid dienone is 2. The van der Waals surface area contributed by atoms with Gasteiger partial charge in [0.2, 0.25) is 0 Å². The number of rotatable bonds is 4. The summed E-state index contributed by atoms with van der Waals surface area (Å²) in [6.45, 7) is 2.77. The van der Waals surface area contributed by atoms with Gasteiger partial charge in [-0.25, -0.2) is 0 Å². The summed E-state index contributed by atoms with van der Waals surface area (Å²) in [5.74, 6) is -1.60. The lowest BCUT2D eigenvalue weighted by Crippen LogP contribution is -2.07. The number of carboxylic acids is 1. The molecular formula is C7H13O5P. The first-order valence-electron chi connectivity index (χ1n) is 3.71. The van der Waals surface area contributed by atoms with E-state index in [1.54, 1.807) is 0 Å². The Balaban J connectivity index is 4.29. The van der Waals surface area contributed by atoms with E-state index in [1.807, 2.05) is 0 Å². The second-order valence-corrected chi connectivity index (χ2v) is 4.66. The van der Waals surface area contributed by atoms with Crippen molar-refractivity contribution in [1.82, 2.24) is 0 Å². The van der Waals surface area contributed by atoms with Crippen molar-refractivity contribution in [1.29, 1.82) is 0 Å². The van der Waals surface area contributed by atoms with E-state index >= 15 is 0 Å². The molecule has 0 radical (unpaired) electrons. The van der Waals surface area contributed by atoms with Crippen LogP contribution in [0.3, 0.4) is 0 Å². The third-order valence-electron chi connectivity index (χ3n) is 1.65. The number of hydrogen-bond acceptors (Lipinski definition) is 2. The largest absolute Gasteiger partial charge is 0.481 e. The SMILES string of the molecule is CC(=CCC(C)C(=O)O)P(=O)(O)O. The fourth-order valence-corrected chi connectivity index (χ4v) is 0.910. The van der Waals surface area contributed by atoms with Gasteiger partial charge in [-0.2, -0.15) is 0 Å². The number of carbonyl (C=O) groups is 1. The summed E-state index contributed by atoms with van der Waals surface area (Å²) in [5.41, 5.74) is 0. The predicted molar refractivity (Wildman–Crippen MR) is 47.2 cm³/mol. The highest BCUT2D eigenvalue weighted by atomic mass is 31.2. The molecule has 0 aromatic rings. The van der Waals surface area contributed by atoms with E-state index in [1.165, 1.54) is 19.9 Å². The Kier molecular flexibility index (Phi) is 4.33. The summed E-state index contributed by atoms with van der Waals surface area (Å²) < 4.78 is 10.6. The van der Waals surface area contributed by atoms with Crippen LogP contribution in [-0.4, -0.2) is 20.9 Å². The minimum absolute atomic E-state index is 0.0828. The van der Waals surface area contributed by atoms with Crippen LogP contribution >= 0.6 is 7.60 Å². The van der Waals surface area contributed by atoms with E-state index in [2.05, 4.69) is 0 Å². The molecule has 1 atom stereocenters. The van der Waals surface area contributed by atoms with Crippen LogP contribution in [0.1, 0.15) is 20.3 Å². The average Bonchev–Trinajstić information content (AvgIpc) is 1.97. The maximum Gasteiger partial charge on any atom is 0.351 e. The molecule has 0 aliphatic carbocycles. The average molecular weight is 208 g/mol. The van der Waals surface area contributed by atoms with Crippen molar-refractivity contribution in [3.63, 3.8) is 0 Å². The van der Waals surface area contributed by atoms with Gasteiger partial charge in [0, 0.05) is 5.31 Å². The third-order valence-corrected chi connectivity index (χ3v) is 2.75. The number of aliphatic carboxylic acids is 1. The minimum atomic E-state index is -4.18. The lowest BCUT2D eigenvalue weighted by atomic mass is 10.1. The molecular weight excluding hydrogens is 195 g/mol. The lowest BCUT2D eigenvalue weighted by Gasteiger charge is -2.05. The van der Waals surface area contributed by atoms with E-state index in [4.69, 9.17) is 14.9 Å². The molecule has 0 aliphatic rings. The highest BCUT2D eigenvalue weighted by Crippen LogP contribution is 2.44. The summed E-state index contributed by atoms with van der Waals surface area (Å²) in [6, 6.07) is 0. The van der Waals surface area contributed by atoms with E-state index in [9.17, 15) is 9.36 Å². The molecule has 0 saturated carbocycles. The quantitative estimate of drug-likeness (QED) is 0.603. The van der Waals surface area contributed by atoms with Gasteiger partial charge in [-0.1, -0.05) is 13.0 Å². The highest BCUT2D eigenvalue weighted by Gasteiger charge is 2.16. The van der Waals surface area contributed by atoms with Gasteiger partial charge < -0.3 is 14.9 Å². The maximum atomic E-state index is 10.6. The van der Waals surface area contributed by atoms with Crippen molar-refractivity contribution in [3.05, 3.63) is 11.4 Å². The second kappa shape index (κ2) is 4.56. The molecule has 76 valence electrons. The topological polar surface area (TPSA) is 94.8 Å². The Morgan fingerprint density at radius 1 is 1.54 bits per heavy atom. The van der Waals surface area contributed by atoms with Crippen LogP contribution in [0.4, 0.5) is 0 Å². The first-order chi connectivity index (χ1) is 5.75. The van der Waals surface area contributed by atoms with Crippen LogP contribution in [0.2, 0.25) is 0 Å². The highest BCUT2D eigenvalue weighted by molar-refractivity contribution is 7.56. The summed E-state index contributed by atoms with van der Waals surface area (Å²) in [7, 11) is -4.18. The van der Waals surface area contributed by atoms with Crippen molar-refractivity contribution in [2.24, 2.45) is 5.92 Å². The molecule has 6 heteroatoms. The molecule has 3 N–H and O–H groups in total. The lowest BCUT2D eigenvalue weighted by molar-refractivity contribution is -0.140. The van der Waals surface area contributed by atoms with E-state index in [-0.39, 0.29) is 11.7 Å². The van der Waals surface area contributed by atoms with E-state index in [0.29, 0.717) is 0 Å². The second-order valence-electron chi connectivity index (χ2n) is 2.86. The summed E-state index contributed by atoms with van der Waals surface area (Å²) >= 11 is 0. The molecule has 5 nitrogen and oxygen atoms in total. The molecule has 1 unspecified atom stereocenters. The molecule has 0 saturated heterocycles. The number of hydrogen-bond donors (Lipinski definition) is 3. The molecule has 0 aromatic heterocycles. The Labute approximate surface area is 76.2 Å². The zero-order chi connectivity index (χ0) is 10.6. The van der Waals surface area contributed by atoms with Gasteiger partial charge in [0.1, 0.15) is 0 Å². The van der Waals surface area contributed by atoms with Crippen LogP contribution in [0.15, 0.2) is 11.4 Å². The van der Waals surface area contributed by atoms with Crippen molar-refractivity contribution < 1.29 is 24.3 Å². The Bertz CT molecular complexity index is 264. The molecule has 0 bridgehead atoms. The molecule has 0 heterocycles. The first kappa shape index (κ1) is 12.4.